The summed E-state index contributed by atoms with van der Waals surface area (Å²) in [5.74, 6) is 0.217. The summed E-state index contributed by atoms with van der Waals surface area (Å²) in [6.07, 6.45) is 1.71. The maximum Gasteiger partial charge on any atom is 0.306 e. The highest BCUT2D eigenvalue weighted by Gasteiger charge is 2.22. The Hall–Kier alpha value is -2.30. The van der Waals surface area contributed by atoms with Crippen molar-refractivity contribution in [3.63, 3.8) is 0 Å². The fourth-order valence-electron chi connectivity index (χ4n) is 1.88. The van der Waals surface area contributed by atoms with Crippen LogP contribution >= 0.6 is 0 Å². The van der Waals surface area contributed by atoms with Crippen LogP contribution in [0.5, 0.6) is 5.75 Å². The monoisotopic (exact) mass is 261 g/mol. The molecule has 0 aliphatic heterocycles. The number of hydrogen-bond acceptors (Lipinski definition) is 5. The van der Waals surface area contributed by atoms with Crippen LogP contribution in [0, 0.1) is 0 Å². The number of ether oxygens (including phenoxy) is 1. The SMILES string of the molecule is CCOC(=O)CC(c1ccc(O)cc1)c1ccno1. The Morgan fingerprint density at radius 3 is 2.68 bits per heavy atom. The molecule has 2 rings (SSSR count). The average Bonchev–Trinajstić information content (AvgIpc) is 2.91. The van der Waals surface area contributed by atoms with Gasteiger partial charge in [0, 0.05) is 6.07 Å². The Labute approximate surface area is 110 Å². The van der Waals surface area contributed by atoms with Crippen LogP contribution in [-0.2, 0) is 9.53 Å². The van der Waals surface area contributed by atoms with Crippen molar-refractivity contribution in [3.8, 4) is 5.75 Å². The zero-order valence-electron chi connectivity index (χ0n) is 10.6. The Morgan fingerprint density at radius 1 is 1.37 bits per heavy atom. The van der Waals surface area contributed by atoms with Gasteiger partial charge in [-0.05, 0) is 24.6 Å². The predicted octanol–water partition coefficient (Wildman–Crippen LogP) is 2.47. The number of aromatic nitrogens is 1. The van der Waals surface area contributed by atoms with E-state index < -0.39 is 0 Å². The molecule has 0 spiro atoms. The van der Waals surface area contributed by atoms with E-state index in [1.165, 1.54) is 6.20 Å². The fourth-order valence-corrected chi connectivity index (χ4v) is 1.88. The van der Waals surface area contributed by atoms with Gasteiger partial charge in [-0.25, -0.2) is 0 Å². The molecular formula is C14H15NO4. The lowest BCUT2D eigenvalue weighted by Gasteiger charge is -2.13. The predicted molar refractivity (Wildman–Crippen MR) is 67.7 cm³/mol. The molecule has 1 aromatic heterocycles. The molecule has 2 aromatic rings. The second kappa shape index (κ2) is 6.04. The minimum absolute atomic E-state index is 0.174. The summed E-state index contributed by atoms with van der Waals surface area (Å²) >= 11 is 0. The Morgan fingerprint density at radius 2 is 2.11 bits per heavy atom. The molecule has 0 aliphatic rings. The second-order valence-corrected chi connectivity index (χ2v) is 4.07. The zero-order chi connectivity index (χ0) is 13.7. The number of phenolic OH excluding ortho intramolecular Hbond substituents is 1. The third-order valence-electron chi connectivity index (χ3n) is 2.77. The van der Waals surface area contributed by atoms with Gasteiger partial charge in [-0.15, -0.1) is 0 Å². The van der Waals surface area contributed by atoms with E-state index in [9.17, 15) is 9.90 Å². The third-order valence-corrected chi connectivity index (χ3v) is 2.77. The number of nitrogens with zero attached hydrogens (tertiary/aromatic N) is 1. The van der Waals surface area contributed by atoms with Gasteiger partial charge in [-0.2, -0.15) is 0 Å². The van der Waals surface area contributed by atoms with Crippen LogP contribution in [0.25, 0.3) is 0 Å². The number of carbonyl (C=O) groups is 1. The fraction of sp³-hybridized carbons (Fsp3) is 0.286. The second-order valence-electron chi connectivity index (χ2n) is 4.07. The Kier molecular flexibility index (Phi) is 4.18. The maximum atomic E-state index is 11.7. The minimum Gasteiger partial charge on any atom is -0.508 e. The average molecular weight is 261 g/mol. The molecule has 0 saturated heterocycles. The maximum absolute atomic E-state index is 11.7. The molecule has 0 saturated carbocycles. The van der Waals surface area contributed by atoms with Gasteiger partial charge in [0.15, 0.2) is 0 Å². The number of rotatable bonds is 5. The summed E-state index contributed by atoms with van der Waals surface area (Å²) in [5.41, 5.74) is 0.864. The largest absolute Gasteiger partial charge is 0.508 e. The van der Waals surface area contributed by atoms with Crippen LogP contribution in [-0.4, -0.2) is 22.8 Å². The van der Waals surface area contributed by atoms with Gasteiger partial charge in [0.2, 0.25) is 0 Å². The molecule has 1 N–H and O–H groups in total. The topological polar surface area (TPSA) is 72.6 Å². The Balaban J connectivity index is 2.24. The van der Waals surface area contributed by atoms with E-state index >= 15 is 0 Å². The molecule has 0 radical (unpaired) electrons. The molecular weight excluding hydrogens is 246 g/mol. The van der Waals surface area contributed by atoms with E-state index in [4.69, 9.17) is 9.26 Å². The first kappa shape index (κ1) is 13.1. The molecule has 0 bridgehead atoms. The lowest BCUT2D eigenvalue weighted by molar-refractivity contribution is -0.143. The first-order valence-electron chi connectivity index (χ1n) is 6.06. The lowest BCUT2D eigenvalue weighted by Crippen LogP contribution is -2.11. The first-order chi connectivity index (χ1) is 9.20. The molecule has 100 valence electrons. The highest BCUT2D eigenvalue weighted by atomic mass is 16.5. The van der Waals surface area contributed by atoms with Crippen molar-refractivity contribution < 1.29 is 19.2 Å². The highest BCUT2D eigenvalue weighted by molar-refractivity contribution is 5.71. The van der Waals surface area contributed by atoms with Crippen molar-refractivity contribution in [3.05, 3.63) is 47.9 Å². The van der Waals surface area contributed by atoms with Crippen LogP contribution in [0.2, 0.25) is 0 Å². The number of carbonyl (C=O) groups excluding carboxylic acids is 1. The van der Waals surface area contributed by atoms with Gasteiger partial charge in [-0.3, -0.25) is 4.79 Å². The molecule has 0 amide bonds. The lowest BCUT2D eigenvalue weighted by atomic mass is 9.93. The number of hydrogen-bond donors (Lipinski definition) is 1. The molecule has 19 heavy (non-hydrogen) atoms. The summed E-state index contributed by atoms with van der Waals surface area (Å²) in [6.45, 7) is 2.11. The van der Waals surface area contributed by atoms with Gasteiger partial charge >= 0.3 is 5.97 Å². The van der Waals surface area contributed by atoms with Crippen LogP contribution in [0.1, 0.15) is 30.6 Å². The number of benzene rings is 1. The highest BCUT2D eigenvalue weighted by Crippen LogP contribution is 2.29. The molecule has 1 heterocycles. The van der Waals surface area contributed by atoms with Crippen LogP contribution < -0.4 is 0 Å². The molecule has 1 unspecified atom stereocenters. The molecule has 1 aromatic carbocycles. The normalized spacial score (nSPS) is 12.1. The summed E-state index contributed by atoms with van der Waals surface area (Å²) < 4.78 is 10.1. The van der Waals surface area contributed by atoms with Crippen molar-refractivity contribution in [1.29, 1.82) is 0 Å². The molecule has 0 aliphatic carbocycles. The number of phenols is 1. The first-order valence-corrected chi connectivity index (χ1v) is 6.06. The molecule has 0 fully saturated rings. The van der Waals surface area contributed by atoms with Crippen molar-refractivity contribution in [2.75, 3.05) is 6.61 Å². The van der Waals surface area contributed by atoms with Gasteiger partial charge in [-0.1, -0.05) is 17.3 Å². The van der Waals surface area contributed by atoms with Crippen molar-refractivity contribution >= 4 is 5.97 Å². The smallest absolute Gasteiger partial charge is 0.306 e. The number of esters is 1. The van der Waals surface area contributed by atoms with E-state index in [1.54, 1.807) is 37.3 Å². The van der Waals surface area contributed by atoms with Crippen molar-refractivity contribution in [1.82, 2.24) is 5.16 Å². The minimum atomic E-state index is -0.294. The molecule has 5 nitrogen and oxygen atoms in total. The van der Waals surface area contributed by atoms with Gasteiger partial charge in [0.25, 0.3) is 0 Å². The summed E-state index contributed by atoms with van der Waals surface area (Å²) in [5, 5.41) is 13.0. The van der Waals surface area contributed by atoms with Gasteiger partial charge in [0.05, 0.1) is 25.1 Å². The van der Waals surface area contributed by atoms with Gasteiger partial charge in [0.1, 0.15) is 11.5 Å². The van der Waals surface area contributed by atoms with Crippen LogP contribution in [0.4, 0.5) is 0 Å². The molecule has 1 atom stereocenters. The summed E-state index contributed by atoms with van der Waals surface area (Å²) in [4.78, 5) is 11.7. The van der Waals surface area contributed by atoms with E-state index in [-0.39, 0.29) is 24.1 Å². The van der Waals surface area contributed by atoms with E-state index in [1.807, 2.05) is 0 Å². The molecule has 5 heteroatoms. The van der Waals surface area contributed by atoms with E-state index in [0.717, 1.165) is 5.56 Å². The quantitative estimate of drug-likeness (QED) is 0.837. The van der Waals surface area contributed by atoms with Crippen molar-refractivity contribution in [2.24, 2.45) is 0 Å². The number of aromatic hydroxyl groups is 1. The van der Waals surface area contributed by atoms with E-state index in [0.29, 0.717) is 12.4 Å². The van der Waals surface area contributed by atoms with E-state index in [2.05, 4.69) is 5.16 Å². The Bertz CT molecular complexity index is 519. The summed E-state index contributed by atoms with van der Waals surface area (Å²) in [6, 6.07) is 8.37. The summed E-state index contributed by atoms with van der Waals surface area (Å²) in [7, 11) is 0. The van der Waals surface area contributed by atoms with Crippen LogP contribution in [0.3, 0.4) is 0 Å². The third kappa shape index (κ3) is 3.34. The standard InChI is InChI=1S/C14H15NO4/c1-2-18-14(17)9-12(13-7-8-15-19-13)10-3-5-11(16)6-4-10/h3-8,12,16H,2,9H2,1H3. The van der Waals surface area contributed by atoms with Crippen molar-refractivity contribution in [2.45, 2.75) is 19.3 Å². The van der Waals surface area contributed by atoms with Gasteiger partial charge < -0.3 is 14.4 Å². The zero-order valence-corrected chi connectivity index (χ0v) is 10.6. The van der Waals surface area contributed by atoms with Crippen LogP contribution in [0.15, 0.2) is 41.1 Å².